The van der Waals surface area contributed by atoms with E-state index in [1.165, 1.54) is 21.9 Å². The van der Waals surface area contributed by atoms with Crippen molar-refractivity contribution < 1.29 is 4.42 Å². The molecule has 0 radical (unpaired) electrons. The second-order valence-electron chi connectivity index (χ2n) is 9.85. The van der Waals surface area contributed by atoms with Gasteiger partial charge in [0.1, 0.15) is 11.2 Å². The van der Waals surface area contributed by atoms with Crippen molar-refractivity contribution in [3.8, 4) is 33.4 Å². The number of furan rings is 1. The van der Waals surface area contributed by atoms with Crippen molar-refractivity contribution in [1.29, 1.82) is 0 Å². The van der Waals surface area contributed by atoms with E-state index in [-0.39, 0.29) is 0 Å². The molecule has 0 N–H and O–H groups in total. The average Bonchev–Trinajstić information content (AvgIpc) is 3.36. The van der Waals surface area contributed by atoms with Gasteiger partial charge in [0, 0.05) is 10.8 Å². The van der Waals surface area contributed by atoms with Crippen molar-refractivity contribution in [1.82, 2.24) is 0 Å². The van der Waals surface area contributed by atoms with Crippen LogP contribution in [0, 0.1) is 0 Å². The minimum atomic E-state index is 0.891. The van der Waals surface area contributed by atoms with E-state index < -0.39 is 0 Å². The van der Waals surface area contributed by atoms with Crippen molar-refractivity contribution in [3.05, 3.63) is 144 Å². The molecule has 0 spiro atoms. The number of allylic oxidation sites excluding steroid dienone is 1. The van der Waals surface area contributed by atoms with Crippen molar-refractivity contribution in [2.45, 2.75) is 0 Å². The quantitative estimate of drug-likeness (QED) is 0.236. The molecule has 0 aliphatic heterocycles. The Bertz CT molecular complexity index is 2150. The van der Waals surface area contributed by atoms with Crippen LogP contribution in [0.25, 0.3) is 78.7 Å². The number of hydrogen-bond donors (Lipinski definition) is 0. The second-order valence-corrected chi connectivity index (χ2v) is 9.85. The molecule has 1 aromatic heterocycles. The van der Waals surface area contributed by atoms with Gasteiger partial charge in [-0.1, -0.05) is 122 Å². The highest BCUT2D eigenvalue weighted by atomic mass is 16.3. The van der Waals surface area contributed by atoms with E-state index in [0.717, 1.165) is 54.6 Å². The molecule has 0 atom stereocenters. The Morgan fingerprint density at radius 2 is 1.10 bits per heavy atom. The van der Waals surface area contributed by atoms with Crippen LogP contribution in [0.15, 0.2) is 138 Å². The monoisotopic (exact) mass is 498 g/mol. The Morgan fingerprint density at radius 1 is 0.487 bits per heavy atom. The lowest BCUT2D eigenvalue weighted by Gasteiger charge is -2.16. The van der Waals surface area contributed by atoms with Crippen LogP contribution in [-0.2, 0) is 0 Å². The van der Waals surface area contributed by atoms with E-state index in [1.54, 1.807) is 0 Å². The summed E-state index contributed by atoms with van der Waals surface area (Å²) in [5.41, 5.74) is 8.77. The lowest BCUT2D eigenvalue weighted by atomic mass is 9.87. The van der Waals surface area contributed by atoms with Crippen LogP contribution in [0.5, 0.6) is 0 Å². The molecule has 7 aromatic rings. The molecule has 0 aliphatic carbocycles. The zero-order chi connectivity index (χ0) is 26.3. The van der Waals surface area contributed by atoms with Gasteiger partial charge >= 0.3 is 0 Å². The number of benzene rings is 6. The highest BCUT2D eigenvalue weighted by Crippen LogP contribution is 2.36. The standard InChI is InChI=1S/C38H26O/c1-3-12-30-25(2)37(28-16-11-15-27(23-28)26-13-5-4-6-14-26)32-18-7-8-19-33(32)38(30)29-21-22-36-34(24-29)31-17-9-10-20-35(31)39-36/h3-24H,1-2H2/b30-12+. The molecule has 0 aliphatic rings. The van der Waals surface area contributed by atoms with E-state index in [4.69, 9.17) is 4.42 Å². The molecule has 1 nitrogen and oxygen atoms in total. The highest BCUT2D eigenvalue weighted by Gasteiger charge is 2.16. The summed E-state index contributed by atoms with van der Waals surface area (Å²) in [6.45, 7) is 8.71. The summed E-state index contributed by atoms with van der Waals surface area (Å²) in [5.74, 6) is 0. The van der Waals surface area contributed by atoms with Crippen molar-refractivity contribution in [3.63, 3.8) is 0 Å². The summed E-state index contributed by atoms with van der Waals surface area (Å²) in [6, 6.07) is 42.6. The molecule has 0 bridgehead atoms. The van der Waals surface area contributed by atoms with Gasteiger partial charge in [-0.3, -0.25) is 0 Å². The lowest BCUT2D eigenvalue weighted by molar-refractivity contribution is 0.669. The van der Waals surface area contributed by atoms with E-state index in [9.17, 15) is 0 Å². The summed E-state index contributed by atoms with van der Waals surface area (Å²) in [7, 11) is 0. The maximum absolute atomic E-state index is 6.12. The normalized spacial score (nSPS) is 11.9. The van der Waals surface area contributed by atoms with Gasteiger partial charge in [-0.05, 0) is 78.9 Å². The fourth-order valence-corrected chi connectivity index (χ4v) is 5.82. The first-order valence-electron chi connectivity index (χ1n) is 13.2. The van der Waals surface area contributed by atoms with E-state index in [1.807, 2.05) is 18.2 Å². The molecule has 0 saturated heterocycles. The molecule has 6 aromatic carbocycles. The van der Waals surface area contributed by atoms with E-state index in [2.05, 4.69) is 128 Å². The van der Waals surface area contributed by atoms with Crippen molar-refractivity contribution in [2.24, 2.45) is 0 Å². The second kappa shape index (κ2) is 9.31. The van der Waals surface area contributed by atoms with Crippen LogP contribution in [0.1, 0.15) is 0 Å². The number of para-hydroxylation sites is 1. The van der Waals surface area contributed by atoms with Gasteiger partial charge in [-0.15, -0.1) is 0 Å². The maximum atomic E-state index is 6.12. The van der Waals surface area contributed by atoms with Gasteiger partial charge < -0.3 is 4.42 Å². The topological polar surface area (TPSA) is 13.1 Å². The molecular formula is C38H26O. The first-order chi connectivity index (χ1) is 19.2. The van der Waals surface area contributed by atoms with Crippen LogP contribution < -0.4 is 10.4 Å². The van der Waals surface area contributed by atoms with Gasteiger partial charge in [-0.2, -0.15) is 0 Å². The van der Waals surface area contributed by atoms with Crippen LogP contribution in [0.2, 0.25) is 0 Å². The Hall–Kier alpha value is -5.14. The highest BCUT2D eigenvalue weighted by molar-refractivity contribution is 6.10. The zero-order valence-corrected chi connectivity index (χ0v) is 21.5. The van der Waals surface area contributed by atoms with Crippen molar-refractivity contribution >= 4 is 45.4 Å². The predicted molar refractivity (Wildman–Crippen MR) is 167 cm³/mol. The van der Waals surface area contributed by atoms with E-state index in [0.29, 0.717) is 0 Å². The predicted octanol–water partition coefficient (Wildman–Crippen LogP) is 9.12. The van der Waals surface area contributed by atoms with Crippen molar-refractivity contribution in [2.75, 3.05) is 0 Å². The van der Waals surface area contributed by atoms with Gasteiger partial charge in [0.25, 0.3) is 0 Å². The SMILES string of the molecule is C=C/C=c1/c(-c2ccc3oc4ccccc4c3c2)c2ccccc2c(-c2cccc(-c3ccccc3)c2)c1=C. The molecule has 7 rings (SSSR count). The van der Waals surface area contributed by atoms with Crippen LogP contribution >= 0.6 is 0 Å². The zero-order valence-electron chi connectivity index (χ0n) is 21.5. The minimum Gasteiger partial charge on any atom is -0.456 e. The maximum Gasteiger partial charge on any atom is 0.135 e. The third-order valence-corrected chi connectivity index (χ3v) is 7.57. The Morgan fingerprint density at radius 3 is 1.90 bits per heavy atom. The van der Waals surface area contributed by atoms with Gasteiger partial charge in [0.2, 0.25) is 0 Å². The summed E-state index contributed by atoms with van der Waals surface area (Å²) in [4.78, 5) is 0. The molecule has 39 heavy (non-hydrogen) atoms. The van der Waals surface area contributed by atoms with Crippen LogP contribution in [0.3, 0.4) is 0 Å². The smallest absolute Gasteiger partial charge is 0.135 e. The third-order valence-electron chi connectivity index (χ3n) is 7.57. The van der Waals surface area contributed by atoms with Gasteiger partial charge in [-0.25, -0.2) is 0 Å². The van der Waals surface area contributed by atoms with E-state index >= 15 is 0 Å². The largest absolute Gasteiger partial charge is 0.456 e. The lowest BCUT2D eigenvalue weighted by Crippen LogP contribution is -2.28. The Labute approximate surface area is 227 Å². The van der Waals surface area contributed by atoms with Crippen LogP contribution in [-0.4, -0.2) is 0 Å². The summed E-state index contributed by atoms with van der Waals surface area (Å²) in [6.07, 6.45) is 3.95. The molecule has 0 saturated carbocycles. The molecule has 1 heterocycles. The summed E-state index contributed by atoms with van der Waals surface area (Å²) < 4.78 is 6.12. The number of hydrogen-bond acceptors (Lipinski definition) is 1. The minimum absolute atomic E-state index is 0.891. The fraction of sp³-hybridized carbons (Fsp3) is 0. The molecule has 0 unspecified atom stereocenters. The first-order valence-corrected chi connectivity index (χ1v) is 13.2. The first kappa shape index (κ1) is 23.0. The molecule has 184 valence electrons. The number of fused-ring (bicyclic) bond motifs is 4. The average molecular weight is 499 g/mol. The molecule has 0 amide bonds. The molecule has 1 heteroatoms. The number of rotatable bonds is 4. The molecular weight excluding hydrogens is 472 g/mol. The van der Waals surface area contributed by atoms with Crippen LogP contribution in [0.4, 0.5) is 0 Å². The summed E-state index contributed by atoms with van der Waals surface area (Å²) >= 11 is 0. The van der Waals surface area contributed by atoms with Gasteiger partial charge in [0.15, 0.2) is 0 Å². The Kier molecular flexibility index (Phi) is 5.49. The summed E-state index contributed by atoms with van der Waals surface area (Å²) in [5, 5.41) is 6.67. The third kappa shape index (κ3) is 3.79. The van der Waals surface area contributed by atoms with Gasteiger partial charge in [0.05, 0.1) is 0 Å². The fourth-order valence-electron chi connectivity index (χ4n) is 5.82. The Balaban J connectivity index is 1.54. The molecule has 0 fully saturated rings.